The van der Waals surface area contributed by atoms with E-state index < -0.39 is 5.97 Å². The Labute approximate surface area is 109 Å². The van der Waals surface area contributed by atoms with Crippen LogP contribution in [0.3, 0.4) is 0 Å². The lowest BCUT2D eigenvalue weighted by Crippen LogP contribution is -1.95. The summed E-state index contributed by atoms with van der Waals surface area (Å²) in [4.78, 5) is 10.8. The predicted octanol–water partition coefficient (Wildman–Crippen LogP) is 2.37. The minimum atomic E-state index is -1.14. The van der Waals surface area contributed by atoms with Crippen molar-refractivity contribution in [3.8, 4) is 22.8 Å². The highest BCUT2D eigenvalue weighted by atomic mass is 16.5. The maximum atomic E-state index is 10.8. The van der Waals surface area contributed by atoms with Crippen LogP contribution >= 0.6 is 0 Å². The number of benzene rings is 1. The fraction of sp³-hybridized carbons (Fsp3) is 0.231. The van der Waals surface area contributed by atoms with E-state index in [0.29, 0.717) is 22.8 Å². The number of rotatable bonds is 4. The van der Waals surface area contributed by atoms with E-state index in [1.54, 1.807) is 19.2 Å². The average Bonchev–Trinajstić information content (AvgIpc) is 2.86. The van der Waals surface area contributed by atoms with Gasteiger partial charge in [-0.3, -0.25) is 0 Å². The second-order valence-corrected chi connectivity index (χ2v) is 3.90. The van der Waals surface area contributed by atoms with Gasteiger partial charge in [-0.05, 0) is 18.6 Å². The molecular formula is C13H13NO5. The zero-order valence-electron chi connectivity index (χ0n) is 10.8. The van der Waals surface area contributed by atoms with Gasteiger partial charge in [0.1, 0.15) is 11.5 Å². The highest BCUT2D eigenvalue weighted by molar-refractivity contribution is 5.87. The second kappa shape index (κ2) is 5.01. The molecule has 100 valence electrons. The van der Waals surface area contributed by atoms with Gasteiger partial charge in [0.25, 0.3) is 0 Å². The second-order valence-electron chi connectivity index (χ2n) is 3.90. The molecule has 0 bridgehead atoms. The number of ether oxygens (including phenoxy) is 2. The molecule has 6 heteroatoms. The molecule has 1 heterocycles. The van der Waals surface area contributed by atoms with Crippen molar-refractivity contribution < 1.29 is 23.9 Å². The quantitative estimate of drug-likeness (QED) is 0.911. The topological polar surface area (TPSA) is 81.8 Å². The van der Waals surface area contributed by atoms with E-state index in [2.05, 4.69) is 5.16 Å². The number of carboxylic acids is 1. The van der Waals surface area contributed by atoms with Crippen molar-refractivity contribution in [2.24, 2.45) is 0 Å². The van der Waals surface area contributed by atoms with Crippen molar-refractivity contribution in [3.63, 3.8) is 0 Å². The minimum Gasteiger partial charge on any atom is -0.497 e. The van der Waals surface area contributed by atoms with E-state index in [0.717, 1.165) is 5.56 Å². The van der Waals surface area contributed by atoms with Crippen molar-refractivity contribution in [2.45, 2.75) is 6.92 Å². The lowest BCUT2D eigenvalue weighted by molar-refractivity contribution is 0.0686. The zero-order chi connectivity index (χ0) is 14.0. The Balaban J connectivity index is 2.56. The molecule has 0 radical (unpaired) electrons. The molecule has 0 saturated heterocycles. The third-order valence-electron chi connectivity index (χ3n) is 2.70. The molecule has 19 heavy (non-hydrogen) atoms. The highest BCUT2D eigenvalue weighted by Gasteiger charge is 2.18. The lowest BCUT2D eigenvalue weighted by atomic mass is 10.0. The van der Waals surface area contributed by atoms with Crippen LogP contribution in [-0.4, -0.2) is 30.5 Å². The smallest absolute Gasteiger partial charge is 0.358 e. The summed E-state index contributed by atoms with van der Waals surface area (Å²) in [5.41, 5.74) is 1.35. The Kier molecular flexibility index (Phi) is 3.41. The maximum Gasteiger partial charge on any atom is 0.358 e. The molecule has 0 aliphatic carbocycles. The van der Waals surface area contributed by atoms with E-state index >= 15 is 0 Å². The average molecular weight is 263 g/mol. The van der Waals surface area contributed by atoms with Gasteiger partial charge in [0.05, 0.1) is 19.8 Å². The Morgan fingerprint density at radius 1 is 1.26 bits per heavy atom. The van der Waals surface area contributed by atoms with Crippen molar-refractivity contribution in [3.05, 3.63) is 29.5 Å². The summed E-state index contributed by atoms with van der Waals surface area (Å²) in [6.45, 7) is 1.85. The molecule has 1 aromatic carbocycles. The van der Waals surface area contributed by atoms with Crippen LogP contribution in [0.4, 0.5) is 0 Å². The van der Waals surface area contributed by atoms with Gasteiger partial charge in [0.2, 0.25) is 0 Å². The van der Waals surface area contributed by atoms with Gasteiger partial charge in [0, 0.05) is 12.1 Å². The molecular weight excluding hydrogens is 250 g/mol. The van der Waals surface area contributed by atoms with Gasteiger partial charge in [0.15, 0.2) is 11.5 Å². The van der Waals surface area contributed by atoms with Crippen molar-refractivity contribution in [1.29, 1.82) is 0 Å². The minimum absolute atomic E-state index is 0.146. The van der Waals surface area contributed by atoms with E-state index in [1.165, 1.54) is 13.2 Å². The molecule has 1 aromatic heterocycles. The Morgan fingerprint density at radius 3 is 2.53 bits per heavy atom. The molecule has 0 spiro atoms. The molecule has 6 nitrogen and oxygen atoms in total. The first kappa shape index (κ1) is 12.9. The van der Waals surface area contributed by atoms with Gasteiger partial charge in [-0.1, -0.05) is 5.16 Å². The molecule has 0 fully saturated rings. The summed E-state index contributed by atoms with van der Waals surface area (Å²) in [7, 11) is 3.08. The van der Waals surface area contributed by atoms with Gasteiger partial charge in [-0.25, -0.2) is 4.79 Å². The van der Waals surface area contributed by atoms with Crippen molar-refractivity contribution in [1.82, 2.24) is 5.16 Å². The maximum absolute atomic E-state index is 10.8. The van der Waals surface area contributed by atoms with Crippen molar-refractivity contribution >= 4 is 5.97 Å². The predicted molar refractivity (Wildman–Crippen MR) is 66.7 cm³/mol. The molecule has 0 aliphatic heterocycles. The fourth-order valence-electron chi connectivity index (χ4n) is 1.81. The largest absolute Gasteiger partial charge is 0.497 e. The number of hydrogen-bond acceptors (Lipinski definition) is 5. The zero-order valence-corrected chi connectivity index (χ0v) is 10.8. The number of aromatic nitrogens is 1. The van der Waals surface area contributed by atoms with Crippen LogP contribution < -0.4 is 9.47 Å². The number of hydrogen-bond donors (Lipinski definition) is 1. The van der Waals surface area contributed by atoms with Gasteiger partial charge < -0.3 is 19.1 Å². The monoisotopic (exact) mass is 263 g/mol. The number of aryl methyl sites for hydroxylation is 1. The first-order valence-electron chi connectivity index (χ1n) is 5.49. The lowest BCUT2D eigenvalue weighted by Gasteiger charge is -2.11. The Hall–Kier alpha value is -2.50. The number of nitrogens with zero attached hydrogens (tertiary/aromatic N) is 1. The normalized spacial score (nSPS) is 10.3. The molecule has 0 saturated carbocycles. The van der Waals surface area contributed by atoms with E-state index in [1.807, 2.05) is 6.92 Å². The van der Waals surface area contributed by atoms with E-state index in [-0.39, 0.29) is 5.69 Å². The van der Waals surface area contributed by atoms with E-state index in [9.17, 15) is 4.79 Å². The van der Waals surface area contributed by atoms with Gasteiger partial charge in [-0.15, -0.1) is 0 Å². The fourth-order valence-corrected chi connectivity index (χ4v) is 1.81. The third-order valence-corrected chi connectivity index (χ3v) is 2.70. The summed E-state index contributed by atoms with van der Waals surface area (Å²) < 4.78 is 15.5. The molecule has 2 aromatic rings. The molecule has 0 unspecified atom stereocenters. The van der Waals surface area contributed by atoms with Crippen LogP contribution in [-0.2, 0) is 0 Å². The Bertz CT molecular complexity index is 617. The number of carboxylic acid groups (broad SMARTS) is 1. The molecule has 1 N–H and O–H groups in total. The summed E-state index contributed by atoms with van der Waals surface area (Å²) in [6, 6.07) is 4.87. The molecule has 2 rings (SSSR count). The Morgan fingerprint density at radius 2 is 2.00 bits per heavy atom. The third kappa shape index (κ3) is 2.37. The summed E-state index contributed by atoms with van der Waals surface area (Å²) in [5.74, 6) is 0.385. The standard InChI is InChI=1S/C13H13NO5/c1-7-4-8(17-2)5-10(18-3)12(7)11-6-9(13(15)16)14-19-11/h4-6H,1-3H3,(H,15,16). The van der Waals surface area contributed by atoms with Crippen LogP contribution in [0.2, 0.25) is 0 Å². The number of methoxy groups -OCH3 is 2. The summed E-state index contributed by atoms with van der Waals surface area (Å²) >= 11 is 0. The van der Waals surface area contributed by atoms with Gasteiger partial charge in [-0.2, -0.15) is 0 Å². The van der Waals surface area contributed by atoms with Crippen LogP contribution in [0.15, 0.2) is 22.7 Å². The van der Waals surface area contributed by atoms with Crippen LogP contribution in [0.5, 0.6) is 11.5 Å². The van der Waals surface area contributed by atoms with E-state index in [4.69, 9.17) is 19.1 Å². The first-order chi connectivity index (χ1) is 9.06. The van der Waals surface area contributed by atoms with Crippen molar-refractivity contribution in [2.75, 3.05) is 14.2 Å². The summed E-state index contributed by atoms with van der Waals surface area (Å²) in [5, 5.41) is 12.3. The molecule has 0 atom stereocenters. The molecule has 0 aliphatic rings. The SMILES string of the molecule is COc1cc(C)c(-c2cc(C(=O)O)no2)c(OC)c1. The number of aromatic carboxylic acids is 1. The number of carbonyl (C=O) groups is 1. The van der Waals surface area contributed by atoms with Crippen LogP contribution in [0, 0.1) is 6.92 Å². The van der Waals surface area contributed by atoms with Gasteiger partial charge >= 0.3 is 5.97 Å². The summed E-state index contributed by atoms with van der Waals surface area (Å²) in [6.07, 6.45) is 0. The highest BCUT2D eigenvalue weighted by Crippen LogP contribution is 2.36. The molecule has 0 amide bonds. The van der Waals surface area contributed by atoms with Crippen LogP contribution in [0.1, 0.15) is 16.1 Å². The first-order valence-corrected chi connectivity index (χ1v) is 5.49. The van der Waals surface area contributed by atoms with Crippen LogP contribution in [0.25, 0.3) is 11.3 Å².